The van der Waals surface area contributed by atoms with Gasteiger partial charge >= 0.3 is 0 Å². The molecule has 4 rings (SSSR count). The Kier molecular flexibility index (Phi) is 3.92. The first-order chi connectivity index (χ1) is 11.5. The molecule has 0 radical (unpaired) electrons. The molecule has 1 aromatic carbocycles. The third kappa shape index (κ3) is 2.86. The molecule has 130 valence electrons. The highest BCUT2D eigenvalue weighted by molar-refractivity contribution is 5.82. The number of carbonyl (C=O) groups excluding carboxylic acids is 1. The fourth-order valence-corrected chi connectivity index (χ4v) is 4.52. The van der Waals surface area contributed by atoms with Crippen LogP contribution in [0.4, 0.5) is 0 Å². The van der Waals surface area contributed by atoms with E-state index in [2.05, 4.69) is 37.3 Å². The summed E-state index contributed by atoms with van der Waals surface area (Å²) in [5.74, 6) is 0.128. The predicted octanol–water partition coefficient (Wildman–Crippen LogP) is 3.20. The summed E-state index contributed by atoms with van der Waals surface area (Å²) in [6.07, 6.45) is 6.31. The Hall–Kier alpha value is -1.39. The van der Waals surface area contributed by atoms with E-state index in [1.165, 1.54) is 23.5 Å². The van der Waals surface area contributed by atoms with Crippen LogP contribution in [0.5, 0.6) is 0 Å². The molecule has 1 amide bonds. The Morgan fingerprint density at radius 1 is 1.08 bits per heavy atom. The Balaban J connectivity index is 1.38. The number of hydrogen-bond acceptors (Lipinski definition) is 3. The number of carbonyl (C=O) groups is 1. The number of hydrogen-bond donors (Lipinski definition) is 1. The summed E-state index contributed by atoms with van der Waals surface area (Å²) in [5, 5.41) is 11.6. The summed E-state index contributed by atoms with van der Waals surface area (Å²) in [7, 11) is 0. The summed E-state index contributed by atoms with van der Waals surface area (Å²) in [5.41, 5.74) is 1.86. The van der Waals surface area contributed by atoms with Crippen molar-refractivity contribution in [2.24, 2.45) is 5.41 Å². The molecule has 3 aliphatic rings. The van der Waals surface area contributed by atoms with E-state index in [1.807, 2.05) is 4.90 Å². The van der Waals surface area contributed by atoms with E-state index in [4.69, 9.17) is 0 Å². The molecule has 1 unspecified atom stereocenters. The summed E-state index contributed by atoms with van der Waals surface area (Å²) in [6, 6.07) is 10.3. The van der Waals surface area contributed by atoms with Gasteiger partial charge in [0.15, 0.2) is 0 Å². The van der Waals surface area contributed by atoms with Crippen LogP contribution in [0, 0.1) is 5.41 Å². The van der Waals surface area contributed by atoms with Crippen LogP contribution in [-0.2, 0) is 10.2 Å². The molecule has 3 fully saturated rings. The van der Waals surface area contributed by atoms with Gasteiger partial charge in [-0.15, -0.1) is 0 Å². The number of piperidine rings is 2. The van der Waals surface area contributed by atoms with E-state index >= 15 is 0 Å². The number of hydroxylamine groups is 2. The normalized spacial score (nSPS) is 28.8. The molecule has 1 N–H and O–H groups in total. The van der Waals surface area contributed by atoms with Crippen LogP contribution in [0.3, 0.4) is 0 Å². The van der Waals surface area contributed by atoms with Gasteiger partial charge in [-0.3, -0.25) is 4.79 Å². The number of benzene rings is 1. The second kappa shape index (κ2) is 5.85. The van der Waals surface area contributed by atoms with E-state index in [0.717, 1.165) is 38.8 Å². The second-order valence-corrected chi connectivity index (χ2v) is 8.40. The van der Waals surface area contributed by atoms with E-state index in [-0.39, 0.29) is 17.4 Å². The van der Waals surface area contributed by atoms with Gasteiger partial charge < -0.3 is 10.1 Å². The van der Waals surface area contributed by atoms with Gasteiger partial charge in [-0.2, -0.15) is 5.06 Å². The Bertz CT molecular complexity index is 603. The molecule has 2 heterocycles. The fourth-order valence-electron chi connectivity index (χ4n) is 4.52. The van der Waals surface area contributed by atoms with E-state index in [1.54, 1.807) is 0 Å². The number of amides is 1. The van der Waals surface area contributed by atoms with Crippen LogP contribution >= 0.6 is 0 Å². The lowest BCUT2D eigenvalue weighted by atomic mass is 9.74. The molecule has 0 aromatic heterocycles. The zero-order chi connectivity index (χ0) is 16.8. The van der Waals surface area contributed by atoms with Gasteiger partial charge in [0.25, 0.3) is 0 Å². The minimum Gasteiger partial charge on any atom is -0.341 e. The van der Waals surface area contributed by atoms with Gasteiger partial charge in [-0.1, -0.05) is 37.3 Å². The average molecular weight is 328 g/mol. The predicted molar refractivity (Wildman–Crippen MR) is 92.8 cm³/mol. The third-order valence-electron chi connectivity index (χ3n) is 6.70. The maximum absolute atomic E-state index is 12.9. The summed E-state index contributed by atoms with van der Waals surface area (Å²) in [6.45, 7) is 4.57. The third-order valence-corrected chi connectivity index (χ3v) is 6.70. The molecule has 1 saturated carbocycles. The lowest BCUT2D eigenvalue weighted by Crippen LogP contribution is -2.54. The molecule has 4 heteroatoms. The minimum absolute atomic E-state index is 0.128. The highest BCUT2D eigenvalue weighted by Gasteiger charge is 2.50. The van der Waals surface area contributed by atoms with Gasteiger partial charge in [0, 0.05) is 19.6 Å². The van der Waals surface area contributed by atoms with E-state index in [9.17, 15) is 10.0 Å². The van der Waals surface area contributed by atoms with Crippen LogP contribution in [0.25, 0.3) is 0 Å². The molecule has 0 bridgehead atoms. The Labute approximate surface area is 144 Å². The van der Waals surface area contributed by atoms with Crippen LogP contribution < -0.4 is 0 Å². The molecular weight excluding hydrogens is 300 g/mol. The van der Waals surface area contributed by atoms with Crippen molar-refractivity contribution in [2.45, 2.75) is 56.9 Å². The molecule has 2 aliphatic heterocycles. The van der Waals surface area contributed by atoms with Crippen molar-refractivity contribution in [3.63, 3.8) is 0 Å². The lowest BCUT2D eigenvalue weighted by molar-refractivity contribution is -0.180. The first-order valence-corrected chi connectivity index (χ1v) is 9.31. The average Bonchev–Trinajstić information content (AvgIpc) is 3.35. The zero-order valence-corrected chi connectivity index (χ0v) is 14.6. The van der Waals surface area contributed by atoms with Crippen LogP contribution in [0.15, 0.2) is 30.3 Å². The first kappa shape index (κ1) is 16.1. The van der Waals surface area contributed by atoms with Crippen LogP contribution in [-0.4, -0.2) is 46.8 Å². The van der Waals surface area contributed by atoms with Crippen molar-refractivity contribution in [3.05, 3.63) is 35.9 Å². The minimum atomic E-state index is -0.322. The topological polar surface area (TPSA) is 43.8 Å². The van der Waals surface area contributed by atoms with Crippen molar-refractivity contribution in [1.82, 2.24) is 9.96 Å². The zero-order valence-electron chi connectivity index (χ0n) is 14.6. The number of rotatable bonds is 2. The highest BCUT2D eigenvalue weighted by atomic mass is 16.5. The smallest absolute Gasteiger partial charge is 0.242 e. The maximum Gasteiger partial charge on any atom is 0.242 e. The summed E-state index contributed by atoms with van der Waals surface area (Å²) < 4.78 is 0. The molecule has 2 saturated heterocycles. The van der Waals surface area contributed by atoms with Crippen molar-refractivity contribution in [1.29, 1.82) is 0 Å². The largest absolute Gasteiger partial charge is 0.341 e. The first-order valence-electron chi connectivity index (χ1n) is 9.31. The number of nitrogens with zero attached hydrogens (tertiary/aromatic N) is 2. The van der Waals surface area contributed by atoms with Crippen molar-refractivity contribution < 1.29 is 10.0 Å². The molecule has 1 aromatic rings. The highest BCUT2D eigenvalue weighted by Crippen LogP contribution is 2.53. The Morgan fingerprint density at radius 2 is 1.75 bits per heavy atom. The molecule has 1 atom stereocenters. The van der Waals surface area contributed by atoms with Crippen LogP contribution in [0.2, 0.25) is 0 Å². The van der Waals surface area contributed by atoms with Gasteiger partial charge in [0.2, 0.25) is 5.91 Å². The quantitative estimate of drug-likeness (QED) is 0.907. The van der Waals surface area contributed by atoms with Gasteiger partial charge in [-0.05, 0) is 54.9 Å². The van der Waals surface area contributed by atoms with Crippen molar-refractivity contribution in [3.8, 4) is 0 Å². The number of likely N-dealkylation sites (tertiary alicyclic amines) is 1. The molecule has 4 nitrogen and oxygen atoms in total. The van der Waals surface area contributed by atoms with Crippen LogP contribution in [0.1, 0.15) is 51.0 Å². The SMILES string of the molecule is CC1(c2ccccc2)CCN(C(=O)C2CCC3(CC3)CN2O)CC1. The Morgan fingerprint density at radius 3 is 2.33 bits per heavy atom. The monoisotopic (exact) mass is 328 g/mol. The van der Waals surface area contributed by atoms with Gasteiger partial charge in [0.1, 0.15) is 6.04 Å². The van der Waals surface area contributed by atoms with E-state index < -0.39 is 0 Å². The fraction of sp³-hybridized carbons (Fsp3) is 0.650. The van der Waals surface area contributed by atoms with Crippen molar-refractivity contribution >= 4 is 5.91 Å². The molecule has 1 spiro atoms. The standard InChI is InChI=1S/C20H28N2O2/c1-19(16-5-3-2-4-6-16)11-13-21(14-12-19)18(23)17-7-8-20(9-10-20)15-22(17)24/h2-6,17,24H,7-15H2,1H3. The van der Waals surface area contributed by atoms with Crippen molar-refractivity contribution in [2.75, 3.05) is 19.6 Å². The summed E-state index contributed by atoms with van der Waals surface area (Å²) >= 11 is 0. The molecular formula is C20H28N2O2. The second-order valence-electron chi connectivity index (χ2n) is 8.40. The van der Waals surface area contributed by atoms with E-state index in [0.29, 0.717) is 12.0 Å². The van der Waals surface area contributed by atoms with Gasteiger partial charge in [-0.25, -0.2) is 0 Å². The molecule has 24 heavy (non-hydrogen) atoms. The summed E-state index contributed by atoms with van der Waals surface area (Å²) in [4.78, 5) is 14.8. The lowest BCUT2D eigenvalue weighted by Gasteiger charge is -2.43. The maximum atomic E-state index is 12.9. The molecule has 1 aliphatic carbocycles. The van der Waals surface area contributed by atoms with Gasteiger partial charge in [0.05, 0.1) is 0 Å².